The number of aliphatic hydroxyl groups is 1. The van der Waals surface area contributed by atoms with Gasteiger partial charge in [-0.05, 0) is 36.1 Å². The number of carbonyl (C=O) groups excluding carboxylic acids is 2. The summed E-state index contributed by atoms with van der Waals surface area (Å²) >= 11 is 0. The summed E-state index contributed by atoms with van der Waals surface area (Å²) in [6.07, 6.45) is 1.66. The number of benzene rings is 2. The number of pyridine rings is 1. The predicted octanol–water partition coefficient (Wildman–Crippen LogP) is 5.14. The number of amides is 1. The van der Waals surface area contributed by atoms with Crippen molar-refractivity contribution in [3.05, 3.63) is 106 Å². The Morgan fingerprint density at radius 3 is 2.28 bits per heavy atom. The highest BCUT2D eigenvalue weighted by atomic mass is 16.3. The lowest BCUT2D eigenvalue weighted by molar-refractivity contribution is -0.140. The van der Waals surface area contributed by atoms with Gasteiger partial charge in [0.25, 0.3) is 11.7 Å². The number of aliphatic hydroxyl groups excluding tert-OH is 1. The van der Waals surface area contributed by atoms with E-state index >= 15 is 0 Å². The molecule has 0 bridgehead atoms. The highest BCUT2D eigenvalue weighted by molar-refractivity contribution is 6.46. The van der Waals surface area contributed by atoms with E-state index in [-0.39, 0.29) is 17.9 Å². The molecule has 2 heterocycles. The van der Waals surface area contributed by atoms with E-state index in [4.69, 9.17) is 0 Å². The average Bonchev–Trinajstić information content (AvgIpc) is 3.05. The van der Waals surface area contributed by atoms with E-state index in [0.29, 0.717) is 17.2 Å². The third-order valence-corrected chi connectivity index (χ3v) is 5.84. The summed E-state index contributed by atoms with van der Waals surface area (Å²) in [7, 11) is 0. The number of hydrogen-bond acceptors (Lipinski definition) is 4. The first-order valence-electron chi connectivity index (χ1n) is 10.7. The molecule has 1 aromatic heterocycles. The van der Waals surface area contributed by atoms with Crippen LogP contribution in [0.25, 0.3) is 5.76 Å². The lowest BCUT2D eigenvalue weighted by Crippen LogP contribution is -2.29. The second kappa shape index (κ2) is 8.79. The summed E-state index contributed by atoms with van der Waals surface area (Å²) in [4.78, 5) is 32.0. The number of hydrogen-bond donors (Lipinski definition) is 1. The Bertz CT molecular complexity index is 1160. The zero-order valence-electron chi connectivity index (χ0n) is 18.4. The monoisotopic (exact) mass is 426 g/mol. The first-order chi connectivity index (χ1) is 15.4. The van der Waals surface area contributed by atoms with E-state index in [9.17, 15) is 14.7 Å². The summed E-state index contributed by atoms with van der Waals surface area (Å²) in [5, 5.41) is 11.1. The van der Waals surface area contributed by atoms with Crippen LogP contribution in [0.4, 0.5) is 0 Å². The molecular weight excluding hydrogens is 400 g/mol. The molecule has 5 heteroatoms. The van der Waals surface area contributed by atoms with Crippen LogP contribution in [-0.4, -0.2) is 26.7 Å². The number of aryl methyl sites for hydroxylation is 1. The first kappa shape index (κ1) is 21.5. The van der Waals surface area contributed by atoms with Gasteiger partial charge in [0.2, 0.25) is 0 Å². The standard InChI is InChI=1S/C27H26N2O3/c1-17(2)19-11-13-20(14-12-19)24-23(25(30)21-9-7-18(3)8-10-21)26(31)27(32)29(24)16-22-6-4-5-15-28-22/h4-15,17,24,30H,16H2,1-3H3/b25-23+. The summed E-state index contributed by atoms with van der Waals surface area (Å²) in [5.41, 5.74) is 4.26. The summed E-state index contributed by atoms with van der Waals surface area (Å²) < 4.78 is 0. The number of ketones is 1. The van der Waals surface area contributed by atoms with Crippen molar-refractivity contribution in [2.45, 2.75) is 39.3 Å². The molecule has 3 aromatic rings. The van der Waals surface area contributed by atoms with E-state index in [1.54, 1.807) is 24.4 Å². The van der Waals surface area contributed by atoms with Crippen LogP contribution in [0.15, 0.2) is 78.5 Å². The zero-order chi connectivity index (χ0) is 22.8. The van der Waals surface area contributed by atoms with Crippen molar-refractivity contribution >= 4 is 17.4 Å². The number of likely N-dealkylation sites (tertiary alicyclic amines) is 1. The SMILES string of the molecule is Cc1ccc(/C(O)=C2\C(=O)C(=O)N(Cc3ccccn3)C2c2ccc(C(C)C)cc2)cc1. The maximum Gasteiger partial charge on any atom is 0.296 e. The van der Waals surface area contributed by atoms with Crippen LogP contribution in [0.1, 0.15) is 53.8 Å². The molecule has 1 saturated heterocycles. The molecule has 1 aliphatic rings. The van der Waals surface area contributed by atoms with Crippen LogP contribution >= 0.6 is 0 Å². The molecule has 1 N–H and O–H groups in total. The molecule has 1 fully saturated rings. The molecule has 2 aromatic carbocycles. The van der Waals surface area contributed by atoms with Crippen LogP contribution in [0.2, 0.25) is 0 Å². The van der Waals surface area contributed by atoms with Gasteiger partial charge in [0.1, 0.15) is 5.76 Å². The first-order valence-corrected chi connectivity index (χ1v) is 10.7. The van der Waals surface area contributed by atoms with E-state index in [0.717, 1.165) is 16.7 Å². The molecule has 4 rings (SSSR count). The Morgan fingerprint density at radius 1 is 1.00 bits per heavy atom. The number of carbonyl (C=O) groups is 2. The molecule has 1 atom stereocenters. The van der Waals surface area contributed by atoms with Crippen molar-refractivity contribution < 1.29 is 14.7 Å². The highest BCUT2D eigenvalue weighted by Crippen LogP contribution is 2.40. The third kappa shape index (κ3) is 4.06. The predicted molar refractivity (Wildman–Crippen MR) is 124 cm³/mol. The van der Waals surface area contributed by atoms with Crippen LogP contribution in [0.5, 0.6) is 0 Å². The minimum atomic E-state index is -0.695. The van der Waals surface area contributed by atoms with Gasteiger partial charge in [0, 0.05) is 11.8 Å². The number of Topliss-reactive ketones (excluding diaryl/α,β-unsaturated/α-hetero) is 1. The lowest BCUT2D eigenvalue weighted by atomic mass is 9.93. The minimum absolute atomic E-state index is 0.104. The lowest BCUT2D eigenvalue weighted by Gasteiger charge is -2.25. The third-order valence-electron chi connectivity index (χ3n) is 5.84. The molecule has 162 valence electrons. The fourth-order valence-electron chi connectivity index (χ4n) is 3.99. The van der Waals surface area contributed by atoms with Crippen molar-refractivity contribution in [3.63, 3.8) is 0 Å². The van der Waals surface area contributed by atoms with E-state index in [2.05, 4.69) is 18.8 Å². The van der Waals surface area contributed by atoms with Gasteiger partial charge in [-0.3, -0.25) is 14.6 Å². The van der Waals surface area contributed by atoms with Gasteiger partial charge in [0.05, 0.1) is 23.9 Å². The second-order valence-corrected chi connectivity index (χ2v) is 8.44. The van der Waals surface area contributed by atoms with Crippen LogP contribution in [0, 0.1) is 6.92 Å². The average molecular weight is 427 g/mol. The number of aromatic nitrogens is 1. The van der Waals surface area contributed by atoms with Gasteiger partial charge >= 0.3 is 0 Å². The van der Waals surface area contributed by atoms with Gasteiger partial charge in [0.15, 0.2) is 0 Å². The molecular formula is C27H26N2O3. The molecule has 1 amide bonds. The van der Waals surface area contributed by atoms with Crippen molar-refractivity contribution in [2.75, 3.05) is 0 Å². The summed E-state index contributed by atoms with van der Waals surface area (Å²) in [5.74, 6) is -1.12. The molecule has 32 heavy (non-hydrogen) atoms. The van der Waals surface area contributed by atoms with Crippen LogP contribution < -0.4 is 0 Å². The normalized spacial score (nSPS) is 17.9. The smallest absolute Gasteiger partial charge is 0.296 e. The number of nitrogens with zero attached hydrogens (tertiary/aromatic N) is 2. The van der Waals surface area contributed by atoms with E-state index < -0.39 is 17.7 Å². The Morgan fingerprint density at radius 2 is 1.69 bits per heavy atom. The minimum Gasteiger partial charge on any atom is -0.507 e. The Hall–Kier alpha value is -3.73. The number of rotatable bonds is 5. The molecule has 1 aliphatic heterocycles. The topological polar surface area (TPSA) is 70.5 Å². The molecule has 0 saturated carbocycles. The van der Waals surface area contributed by atoms with Gasteiger partial charge in [-0.1, -0.05) is 74.0 Å². The maximum atomic E-state index is 13.1. The molecule has 5 nitrogen and oxygen atoms in total. The van der Waals surface area contributed by atoms with Crippen molar-refractivity contribution in [1.29, 1.82) is 0 Å². The molecule has 1 unspecified atom stereocenters. The van der Waals surface area contributed by atoms with Crippen LogP contribution in [0.3, 0.4) is 0 Å². The van der Waals surface area contributed by atoms with Gasteiger partial charge in [-0.15, -0.1) is 0 Å². The summed E-state index contributed by atoms with van der Waals surface area (Å²) in [6.45, 7) is 6.34. The maximum absolute atomic E-state index is 13.1. The van der Waals surface area contributed by atoms with Crippen molar-refractivity contribution in [2.24, 2.45) is 0 Å². The largest absolute Gasteiger partial charge is 0.507 e. The molecule has 0 radical (unpaired) electrons. The molecule has 0 spiro atoms. The Kier molecular flexibility index (Phi) is 5.91. The molecule has 0 aliphatic carbocycles. The van der Waals surface area contributed by atoms with Crippen molar-refractivity contribution in [3.8, 4) is 0 Å². The van der Waals surface area contributed by atoms with Gasteiger partial charge in [-0.25, -0.2) is 0 Å². The fourth-order valence-corrected chi connectivity index (χ4v) is 3.99. The second-order valence-electron chi connectivity index (χ2n) is 8.44. The van der Waals surface area contributed by atoms with E-state index in [1.807, 2.05) is 55.5 Å². The fraction of sp³-hybridized carbons (Fsp3) is 0.222. The Labute approximate surface area is 188 Å². The van der Waals surface area contributed by atoms with Crippen LogP contribution in [-0.2, 0) is 16.1 Å². The highest BCUT2D eigenvalue weighted by Gasteiger charge is 2.46. The van der Waals surface area contributed by atoms with Gasteiger partial charge in [-0.2, -0.15) is 0 Å². The van der Waals surface area contributed by atoms with Gasteiger partial charge < -0.3 is 10.0 Å². The zero-order valence-corrected chi connectivity index (χ0v) is 18.4. The Balaban J connectivity index is 1.84. The quantitative estimate of drug-likeness (QED) is 0.349. The van der Waals surface area contributed by atoms with E-state index in [1.165, 1.54) is 4.90 Å². The van der Waals surface area contributed by atoms with Crippen molar-refractivity contribution in [1.82, 2.24) is 9.88 Å². The summed E-state index contributed by atoms with van der Waals surface area (Å²) in [6, 6.07) is 19.9.